The summed E-state index contributed by atoms with van der Waals surface area (Å²) in [6.07, 6.45) is 1.31. The molecule has 142 valence electrons. The van der Waals surface area contributed by atoms with Gasteiger partial charge in [0, 0.05) is 18.8 Å². The van der Waals surface area contributed by atoms with Crippen molar-refractivity contribution in [2.24, 2.45) is 0 Å². The molecule has 4 rings (SSSR count). The number of carbonyl (C=O) groups excluding carboxylic acids is 2. The van der Waals surface area contributed by atoms with Gasteiger partial charge in [0.25, 0.3) is 11.8 Å². The molecule has 2 saturated heterocycles. The summed E-state index contributed by atoms with van der Waals surface area (Å²) in [5.74, 6) is -0.474. The molecule has 2 aliphatic rings. The first-order chi connectivity index (χ1) is 13.0. The molecular formula is C20H21FN2O3S. The molecule has 0 bridgehead atoms. The molecule has 2 amide bonds. The van der Waals surface area contributed by atoms with Gasteiger partial charge in [0.1, 0.15) is 12.4 Å². The summed E-state index contributed by atoms with van der Waals surface area (Å²) in [7, 11) is 0. The Kier molecular flexibility index (Phi) is 4.74. The fraction of sp³-hybridized carbons (Fsp3) is 0.400. The van der Waals surface area contributed by atoms with E-state index in [1.54, 1.807) is 17.0 Å². The topological polar surface area (TPSA) is 49.9 Å². The molecule has 0 unspecified atom stereocenters. The molecule has 7 heteroatoms. The van der Waals surface area contributed by atoms with Crippen LogP contribution < -0.4 is 4.90 Å². The molecular weight excluding hydrogens is 367 g/mol. The average molecular weight is 388 g/mol. The lowest BCUT2D eigenvalue weighted by atomic mass is 9.89. The highest BCUT2D eigenvalue weighted by molar-refractivity contribution is 7.12. The molecule has 1 aromatic carbocycles. The zero-order valence-corrected chi connectivity index (χ0v) is 15.9. The van der Waals surface area contributed by atoms with Gasteiger partial charge < -0.3 is 14.5 Å². The van der Waals surface area contributed by atoms with Crippen molar-refractivity contribution in [1.29, 1.82) is 0 Å². The summed E-state index contributed by atoms with van der Waals surface area (Å²) in [6, 6.07) is 8.02. The minimum absolute atomic E-state index is 0.0194. The van der Waals surface area contributed by atoms with E-state index in [0.717, 1.165) is 10.4 Å². The highest BCUT2D eigenvalue weighted by Crippen LogP contribution is 2.33. The second kappa shape index (κ2) is 7.05. The number of hydrogen-bond acceptors (Lipinski definition) is 4. The monoisotopic (exact) mass is 388 g/mol. The Labute approximate surface area is 161 Å². The molecule has 1 spiro atoms. The van der Waals surface area contributed by atoms with Crippen LogP contribution in [0.4, 0.5) is 10.1 Å². The number of halogens is 1. The lowest BCUT2D eigenvalue weighted by Gasteiger charge is -2.46. The van der Waals surface area contributed by atoms with E-state index >= 15 is 0 Å². The quantitative estimate of drug-likeness (QED) is 0.794. The van der Waals surface area contributed by atoms with Gasteiger partial charge in [-0.3, -0.25) is 9.59 Å². The Bertz CT molecular complexity index is 874. The van der Waals surface area contributed by atoms with Crippen LogP contribution in [0.3, 0.4) is 0 Å². The molecule has 0 saturated carbocycles. The van der Waals surface area contributed by atoms with Gasteiger partial charge in [0.2, 0.25) is 0 Å². The van der Waals surface area contributed by atoms with Gasteiger partial charge in [-0.1, -0.05) is 6.07 Å². The number of hydrogen-bond donors (Lipinski definition) is 0. The number of nitrogens with zero attached hydrogens (tertiary/aromatic N) is 2. The van der Waals surface area contributed by atoms with Crippen LogP contribution in [0.5, 0.6) is 0 Å². The van der Waals surface area contributed by atoms with Crippen LogP contribution in [0, 0.1) is 12.7 Å². The minimum Gasteiger partial charge on any atom is -0.363 e. The third kappa shape index (κ3) is 3.49. The predicted octanol–water partition coefficient (Wildman–Crippen LogP) is 3.23. The third-order valence-corrected chi connectivity index (χ3v) is 6.39. The normalized spacial score (nSPS) is 19.6. The first-order valence-corrected chi connectivity index (χ1v) is 9.89. The fourth-order valence-electron chi connectivity index (χ4n) is 3.75. The SMILES string of the molecule is Cc1ccsc1C(=O)N1CCC2(CC1)CN(c1cccc(F)c1)C(=O)CO2. The van der Waals surface area contributed by atoms with Gasteiger partial charge in [0.15, 0.2) is 0 Å². The van der Waals surface area contributed by atoms with Crippen molar-refractivity contribution in [3.8, 4) is 0 Å². The van der Waals surface area contributed by atoms with E-state index < -0.39 is 5.60 Å². The van der Waals surface area contributed by atoms with Gasteiger partial charge in [-0.15, -0.1) is 11.3 Å². The fourth-order valence-corrected chi connectivity index (χ4v) is 4.64. The van der Waals surface area contributed by atoms with E-state index in [4.69, 9.17) is 4.74 Å². The Morgan fingerprint density at radius 1 is 1.26 bits per heavy atom. The summed E-state index contributed by atoms with van der Waals surface area (Å²) in [4.78, 5) is 29.3. The van der Waals surface area contributed by atoms with Crippen molar-refractivity contribution < 1.29 is 18.7 Å². The number of thiophene rings is 1. The molecule has 27 heavy (non-hydrogen) atoms. The number of piperidine rings is 1. The van der Waals surface area contributed by atoms with Crippen molar-refractivity contribution in [2.45, 2.75) is 25.4 Å². The number of benzene rings is 1. The zero-order valence-electron chi connectivity index (χ0n) is 15.1. The number of anilines is 1. The number of rotatable bonds is 2. The second-order valence-electron chi connectivity index (χ2n) is 7.16. The standard InChI is InChI=1S/C20H21FN2O3S/c1-14-5-10-27-18(14)19(25)22-8-6-20(7-9-22)13-23(17(24)12-26-20)16-4-2-3-15(21)11-16/h2-5,10-11H,6-9,12-13H2,1H3. The molecule has 0 N–H and O–H groups in total. The lowest BCUT2D eigenvalue weighted by Crippen LogP contribution is -2.59. The van der Waals surface area contributed by atoms with Crippen LogP contribution in [0.1, 0.15) is 28.1 Å². The van der Waals surface area contributed by atoms with Crippen LogP contribution >= 0.6 is 11.3 Å². The van der Waals surface area contributed by atoms with Gasteiger partial charge >= 0.3 is 0 Å². The summed E-state index contributed by atoms with van der Waals surface area (Å²) in [5, 5.41) is 1.93. The van der Waals surface area contributed by atoms with Crippen molar-refractivity contribution in [3.05, 3.63) is 52.0 Å². The smallest absolute Gasteiger partial charge is 0.264 e. The van der Waals surface area contributed by atoms with Crippen molar-refractivity contribution in [1.82, 2.24) is 4.90 Å². The molecule has 0 aliphatic carbocycles. The van der Waals surface area contributed by atoms with Crippen LogP contribution in [0.15, 0.2) is 35.7 Å². The van der Waals surface area contributed by atoms with E-state index in [9.17, 15) is 14.0 Å². The van der Waals surface area contributed by atoms with Crippen molar-refractivity contribution >= 4 is 28.8 Å². The largest absolute Gasteiger partial charge is 0.363 e. The number of likely N-dealkylation sites (tertiary alicyclic amines) is 1. The maximum absolute atomic E-state index is 13.6. The highest BCUT2D eigenvalue weighted by atomic mass is 32.1. The number of amides is 2. The van der Waals surface area contributed by atoms with Gasteiger partial charge in [0.05, 0.1) is 17.0 Å². The van der Waals surface area contributed by atoms with E-state index in [0.29, 0.717) is 38.2 Å². The molecule has 2 aromatic rings. The first-order valence-electron chi connectivity index (χ1n) is 9.01. The average Bonchev–Trinajstić information content (AvgIpc) is 3.10. The zero-order chi connectivity index (χ0) is 19.0. The van der Waals surface area contributed by atoms with E-state index in [-0.39, 0.29) is 24.2 Å². The van der Waals surface area contributed by atoms with Crippen LogP contribution in [-0.4, -0.2) is 48.6 Å². The molecule has 1 aromatic heterocycles. The molecule has 0 radical (unpaired) electrons. The highest BCUT2D eigenvalue weighted by Gasteiger charge is 2.43. The molecule has 3 heterocycles. The predicted molar refractivity (Wildman–Crippen MR) is 102 cm³/mol. The molecule has 5 nitrogen and oxygen atoms in total. The Morgan fingerprint density at radius 2 is 2.04 bits per heavy atom. The van der Waals surface area contributed by atoms with Gasteiger partial charge in [-0.2, -0.15) is 0 Å². The van der Waals surface area contributed by atoms with Crippen molar-refractivity contribution in [3.63, 3.8) is 0 Å². The van der Waals surface area contributed by atoms with Crippen LogP contribution in [0.25, 0.3) is 0 Å². The van der Waals surface area contributed by atoms with Gasteiger partial charge in [-0.25, -0.2) is 4.39 Å². The minimum atomic E-state index is -0.485. The van der Waals surface area contributed by atoms with Gasteiger partial charge in [-0.05, 0) is 55.0 Å². The number of carbonyl (C=O) groups is 2. The van der Waals surface area contributed by atoms with E-state index in [1.807, 2.05) is 23.3 Å². The summed E-state index contributed by atoms with van der Waals surface area (Å²) in [6.45, 7) is 3.48. The third-order valence-electron chi connectivity index (χ3n) is 5.39. The summed E-state index contributed by atoms with van der Waals surface area (Å²) < 4.78 is 19.5. The number of morpholine rings is 1. The number of aryl methyl sites for hydroxylation is 1. The molecule has 2 aliphatic heterocycles. The maximum Gasteiger partial charge on any atom is 0.264 e. The van der Waals surface area contributed by atoms with E-state index in [1.165, 1.54) is 23.5 Å². The Morgan fingerprint density at radius 3 is 2.70 bits per heavy atom. The lowest BCUT2D eigenvalue weighted by molar-refractivity contribution is -0.143. The molecule has 2 fully saturated rings. The first kappa shape index (κ1) is 18.1. The second-order valence-corrected chi connectivity index (χ2v) is 8.07. The summed E-state index contributed by atoms with van der Waals surface area (Å²) in [5.41, 5.74) is 1.07. The Hall–Kier alpha value is -2.25. The molecule has 0 atom stereocenters. The summed E-state index contributed by atoms with van der Waals surface area (Å²) >= 11 is 1.47. The number of ether oxygens (including phenoxy) is 1. The maximum atomic E-state index is 13.6. The Balaban J connectivity index is 1.47. The van der Waals surface area contributed by atoms with Crippen LogP contribution in [-0.2, 0) is 9.53 Å². The van der Waals surface area contributed by atoms with Crippen molar-refractivity contribution in [2.75, 3.05) is 31.1 Å². The van der Waals surface area contributed by atoms with Crippen LogP contribution in [0.2, 0.25) is 0 Å². The van der Waals surface area contributed by atoms with E-state index in [2.05, 4.69) is 0 Å².